The van der Waals surface area contributed by atoms with Gasteiger partial charge >= 0.3 is 0 Å². The maximum atomic E-state index is 13.1. The van der Waals surface area contributed by atoms with Gasteiger partial charge in [0, 0.05) is 23.1 Å². The average molecular weight is 320 g/mol. The van der Waals surface area contributed by atoms with E-state index in [1.54, 1.807) is 0 Å². The number of hydrogen-bond donors (Lipinski definition) is 0. The second-order valence-electron chi connectivity index (χ2n) is 7.16. The third-order valence-electron chi connectivity index (χ3n) is 6.10. The van der Waals surface area contributed by atoms with Crippen LogP contribution in [0.15, 0.2) is 22.8 Å². The predicted octanol–water partition coefficient (Wildman–Crippen LogP) is 2.22. The lowest BCUT2D eigenvalue weighted by Crippen LogP contribution is -2.43. The molecule has 0 saturated carbocycles. The highest BCUT2D eigenvalue weighted by Crippen LogP contribution is 2.57. The molecular weight excluding hydrogens is 308 g/mol. The van der Waals surface area contributed by atoms with Crippen molar-refractivity contribution in [1.29, 1.82) is 0 Å². The standard InChI is InChI=1S/C19H12O5/c1-19-10-4-2-7-8(3-5-11(7)20)12(10)15(22)16-13(19)9(6-23-16)14(21)17-18(19)24-17/h2,4,6,17-18H,3,5H2,1H3/t17-,18-,19+/m0/s1. The van der Waals surface area contributed by atoms with Crippen LogP contribution in [0.3, 0.4) is 0 Å². The molecule has 5 heteroatoms. The number of carbonyl (C=O) groups excluding carboxylic acids is 3. The molecule has 0 N–H and O–H groups in total. The number of rotatable bonds is 0. The summed E-state index contributed by atoms with van der Waals surface area (Å²) in [5, 5.41) is 0. The fraction of sp³-hybridized carbons (Fsp3) is 0.316. The van der Waals surface area contributed by atoms with Gasteiger partial charge in [-0.2, -0.15) is 0 Å². The normalized spacial score (nSPS) is 31.5. The molecule has 6 rings (SSSR count). The third kappa shape index (κ3) is 1.14. The molecule has 1 aromatic carbocycles. The highest BCUT2D eigenvalue weighted by atomic mass is 16.6. The van der Waals surface area contributed by atoms with E-state index < -0.39 is 11.5 Å². The van der Waals surface area contributed by atoms with Gasteiger partial charge in [-0.1, -0.05) is 12.1 Å². The van der Waals surface area contributed by atoms with Gasteiger partial charge in [-0.3, -0.25) is 14.4 Å². The van der Waals surface area contributed by atoms with E-state index in [0.717, 1.165) is 11.1 Å². The van der Waals surface area contributed by atoms with E-state index >= 15 is 0 Å². The number of benzene rings is 1. The van der Waals surface area contributed by atoms with E-state index in [1.807, 2.05) is 19.1 Å². The van der Waals surface area contributed by atoms with E-state index in [1.165, 1.54) is 6.26 Å². The molecule has 0 bridgehead atoms. The molecular formula is C19H12O5. The van der Waals surface area contributed by atoms with Crippen molar-refractivity contribution in [2.24, 2.45) is 0 Å². The van der Waals surface area contributed by atoms with Gasteiger partial charge in [0.05, 0.1) is 11.0 Å². The number of Topliss-reactive ketones (excluding diaryl/α,β-unsaturated/α-hetero) is 2. The Hall–Kier alpha value is -2.53. The smallest absolute Gasteiger partial charge is 0.229 e. The first-order valence-corrected chi connectivity index (χ1v) is 8.09. The maximum Gasteiger partial charge on any atom is 0.229 e. The lowest BCUT2D eigenvalue weighted by atomic mass is 9.62. The first-order chi connectivity index (χ1) is 11.5. The molecule has 4 aliphatic rings. The molecule has 2 aromatic rings. The second kappa shape index (κ2) is 3.59. The minimum atomic E-state index is -0.583. The number of furan rings is 1. The number of ketones is 3. The molecule has 1 saturated heterocycles. The van der Waals surface area contributed by atoms with Crippen LogP contribution in [0.4, 0.5) is 0 Å². The van der Waals surface area contributed by atoms with E-state index in [2.05, 4.69) is 0 Å². The van der Waals surface area contributed by atoms with Crippen molar-refractivity contribution in [2.75, 3.05) is 0 Å². The van der Waals surface area contributed by atoms with Crippen LogP contribution in [0.5, 0.6) is 0 Å². The highest BCUT2D eigenvalue weighted by Gasteiger charge is 2.66. The summed E-state index contributed by atoms with van der Waals surface area (Å²) in [6, 6.07) is 3.68. The number of epoxide rings is 1. The Morgan fingerprint density at radius 3 is 2.79 bits per heavy atom. The molecule has 0 radical (unpaired) electrons. The van der Waals surface area contributed by atoms with Gasteiger partial charge in [0.15, 0.2) is 17.3 Å². The van der Waals surface area contributed by atoms with E-state index in [9.17, 15) is 14.4 Å². The molecule has 0 unspecified atom stereocenters. The van der Waals surface area contributed by atoms with Crippen molar-refractivity contribution in [1.82, 2.24) is 0 Å². The first-order valence-electron chi connectivity index (χ1n) is 8.09. The summed E-state index contributed by atoms with van der Waals surface area (Å²) >= 11 is 0. The summed E-state index contributed by atoms with van der Waals surface area (Å²) in [6.45, 7) is 2.01. The molecule has 1 aromatic heterocycles. The van der Waals surface area contributed by atoms with Crippen molar-refractivity contribution < 1.29 is 23.5 Å². The monoisotopic (exact) mass is 320 g/mol. The minimum Gasteiger partial charge on any atom is -0.460 e. The van der Waals surface area contributed by atoms with Gasteiger partial charge in [-0.25, -0.2) is 0 Å². The Morgan fingerprint density at radius 1 is 1.12 bits per heavy atom. The molecule has 24 heavy (non-hydrogen) atoms. The molecule has 1 fully saturated rings. The molecule has 118 valence electrons. The SMILES string of the molecule is C[C@@]12c3ccc4c(c3C(=O)c3occ(c31)C(=O)[C@@H]1O[C@@H]12)CCC4=O. The summed E-state index contributed by atoms with van der Waals surface area (Å²) in [5.41, 5.74) is 3.44. The zero-order valence-corrected chi connectivity index (χ0v) is 12.8. The second-order valence-corrected chi connectivity index (χ2v) is 7.16. The van der Waals surface area contributed by atoms with Gasteiger partial charge in [0.1, 0.15) is 18.5 Å². The quantitative estimate of drug-likeness (QED) is 0.696. The molecule has 0 amide bonds. The summed E-state index contributed by atoms with van der Waals surface area (Å²) in [6.07, 6.45) is 1.68. The van der Waals surface area contributed by atoms with Gasteiger partial charge in [0.2, 0.25) is 5.78 Å². The molecule has 1 aliphatic heterocycles. The largest absolute Gasteiger partial charge is 0.460 e. The van der Waals surface area contributed by atoms with Crippen molar-refractivity contribution in [2.45, 2.75) is 37.4 Å². The molecule has 0 spiro atoms. The first kappa shape index (κ1) is 12.8. The van der Waals surface area contributed by atoms with Gasteiger partial charge in [-0.15, -0.1) is 0 Å². The fourth-order valence-corrected chi connectivity index (χ4v) is 4.90. The average Bonchev–Trinajstić information content (AvgIpc) is 3.13. The summed E-state index contributed by atoms with van der Waals surface area (Å²) in [4.78, 5) is 37.6. The minimum absolute atomic E-state index is 0.0797. The summed E-state index contributed by atoms with van der Waals surface area (Å²) < 4.78 is 11.2. The van der Waals surface area contributed by atoms with Crippen LogP contribution >= 0.6 is 0 Å². The van der Waals surface area contributed by atoms with Gasteiger partial charge in [-0.05, 0) is 24.5 Å². The van der Waals surface area contributed by atoms with Crippen molar-refractivity contribution in [3.63, 3.8) is 0 Å². The van der Waals surface area contributed by atoms with Crippen molar-refractivity contribution in [3.8, 4) is 0 Å². The Labute approximate surface area is 136 Å². The summed E-state index contributed by atoms with van der Waals surface area (Å²) in [7, 11) is 0. The van der Waals surface area contributed by atoms with Crippen LogP contribution < -0.4 is 0 Å². The van der Waals surface area contributed by atoms with Crippen LogP contribution in [0, 0.1) is 0 Å². The number of hydrogen-bond acceptors (Lipinski definition) is 5. The van der Waals surface area contributed by atoms with Crippen LogP contribution in [-0.4, -0.2) is 29.6 Å². The van der Waals surface area contributed by atoms with Crippen molar-refractivity contribution in [3.05, 3.63) is 57.5 Å². The molecule has 3 atom stereocenters. The van der Waals surface area contributed by atoms with Crippen LogP contribution in [0.25, 0.3) is 0 Å². The van der Waals surface area contributed by atoms with Crippen molar-refractivity contribution >= 4 is 17.3 Å². The van der Waals surface area contributed by atoms with E-state index in [0.29, 0.717) is 35.1 Å². The van der Waals surface area contributed by atoms with Gasteiger partial charge < -0.3 is 9.15 Å². The van der Waals surface area contributed by atoms with Crippen LogP contribution in [0.2, 0.25) is 0 Å². The predicted molar refractivity (Wildman–Crippen MR) is 80.7 cm³/mol. The fourth-order valence-electron chi connectivity index (χ4n) is 4.90. The number of fused-ring (bicyclic) bond motifs is 6. The zero-order chi connectivity index (χ0) is 16.4. The summed E-state index contributed by atoms with van der Waals surface area (Å²) in [5.74, 6) is -0.0108. The van der Waals surface area contributed by atoms with E-state index in [-0.39, 0.29) is 29.2 Å². The third-order valence-corrected chi connectivity index (χ3v) is 6.10. The lowest BCUT2D eigenvalue weighted by Gasteiger charge is -2.37. The maximum absolute atomic E-state index is 13.1. The van der Waals surface area contributed by atoms with Crippen LogP contribution in [-0.2, 0) is 16.6 Å². The molecule has 3 aliphatic carbocycles. The topological polar surface area (TPSA) is 76.9 Å². The van der Waals surface area contributed by atoms with Crippen LogP contribution in [0.1, 0.15) is 66.9 Å². The Bertz CT molecular complexity index is 1030. The Balaban J connectivity index is 1.75. The Kier molecular flexibility index (Phi) is 1.92. The zero-order valence-electron chi connectivity index (χ0n) is 12.8. The lowest BCUT2D eigenvalue weighted by molar-refractivity contribution is 0.0950. The molecule has 5 nitrogen and oxygen atoms in total. The highest BCUT2D eigenvalue weighted by molar-refractivity contribution is 6.18. The molecule has 2 heterocycles. The van der Waals surface area contributed by atoms with E-state index in [4.69, 9.17) is 9.15 Å². The van der Waals surface area contributed by atoms with Gasteiger partial charge in [0.25, 0.3) is 0 Å². The Morgan fingerprint density at radius 2 is 1.96 bits per heavy atom. The number of ether oxygens (including phenoxy) is 1. The number of carbonyl (C=O) groups is 3.